The molecule has 0 saturated carbocycles. The van der Waals surface area contributed by atoms with Crippen molar-refractivity contribution in [2.45, 2.75) is 6.54 Å². The summed E-state index contributed by atoms with van der Waals surface area (Å²) in [5.41, 5.74) is -0.176. The van der Waals surface area contributed by atoms with E-state index in [1.165, 1.54) is 6.07 Å². The normalized spacial score (nSPS) is 17.8. The molecule has 0 amide bonds. The van der Waals surface area contributed by atoms with E-state index in [-0.39, 0.29) is 0 Å². The van der Waals surface area contributed by atoms with Gasteiger partial charge >= 0.3 is 5.69 Å². The van der Waals surface area contributed by atoms with Crippen LogP contribution < -0.4 is 0 Å². The largest absolute Gasteiger partial charge is 0.305 e. The molecule has 1 heterocycles. The maximum Gasteiger partial charge on any atom is 0.305 e. The van der Waals surface area contributed by atoms with Crippen molar-refractivity contribution in [1.82, 2.24) is 4.90 Å². The summed E-state index contributed by atoms with van der Waals surface area (Å²) in [5, 5.41) is 10.6. The number of nitrogens with zero attached hydrogens (tertiary/aromatic N) is 2. The first-order valence-electron chi connectivity index (χ1n) is 5.57. The lowest BCUT2D eigenvalue weighted by molar-refractivity contribution is -0.387. The Labute approximate surface area is 106 Å². The van der Waals surface area contributed by atoms with Crippen molar-refractivity contribution in [2.75, 3.05) is 24.6 Å². The molecule has 5 nitrogen and oxygen atoms in total. The van der Waals surface area contributed by atoms with Crippen molar-refractivity contribution in [3.63, 3.8) is 0 Å². The molecule has 18 heavy (non-hydrogen) atoms. The number of hydrogen-bond donors (Lipinski definition) is 0. The highest BCUT2D eigenvalue weighted by atomic mass is 32.2. The molecular formula is C11H13FN2O3S. The van der Waals surface area contributed by atoms with Crippen molar-refractivity contribution in [2.24, 2.45) is 0 Å². The van der Waals surface area contributed by atoms with Crippen LogP contribution in [0.5, 0.6) is 0 Å². The topological polar surface area (TPSA) is 63.5 Å². The SMILES string of the molecule is O=[N+]([O-])c1cccc(CN2CCS(=O)CC2)c1F. The van der Waals surface area contributed by atoms with Crippen LogP contribution >= 0.6 is 0 Å². The lowest BCUT2D eigenvalue weighted by Crippen LogP contribution is -2.37. The smallest absolute Gasteiger partial charge is 0.297 e. The number of rotatable bonds is 3. The van der Waals surface area contributed by atoms with Crippen LogP contribution in [0.3, 0.4) is 0 Å². The van der Waals surface area contributed by atoms with Crippen LogP contribution in [-0.4, -0.2) is 38.6 Å². The van der Waals surface area contributed by atoms with Gasteiger partial charge in [0.15, 0.2) is 0 Å². The Balaban J connectivity index is 2.12. The molecule has 1 aliphatic rings. The second-order valence-corrected chi connectivity index (χ2v) is 5.83. The Hall–Kier alpha value is -1.34. The van der Waals surface area contributed by atoms with Gasteiger partial charge in [0.05, 0.1) is 4.92 Å². The summed E-state index contributed by atoms with van der Waals surface area (Å²) >= 11 is 0. The van der Waals surface area contributed by atoms with Gasteiger partial charge in [-0.3, -0.25) is 19.2 Å². The fourth-order valence-electron chi connectivity index (χ4n) is 1.90. The highest BCUT2D eigenvalue weighted by molar-refractivity contribution is 7.85. The number of hydrogen-bond acceptors (Lipinski definition) is 4. The maximum absolute atomic E-state index is 13.8. The average Bonchev–Trinajstić information content (AvgIpc) is 2.34. The molecular weight excluding hydrogens is 259 g/mol. The second-order valence-electron chi connectivity index (χ2n) is 4.13. The van der Waals surface area contributed by atoms with Gasteiger partial charge in [0.25, 0.3) is 0 Å². The highest BCUT2D eigenvalue weighted by Crippen LogP contribution is 2.21. The first-order valence-corrected chi connectivity index (χ1v) is 7.06. The minimum Gasteiger partial charge on any atom is -0.297 e. The highest BCUT2D eigenvalue weighted by Gasteiger charge is 2.21. The van der Waals surface area contributed by atoms with Crippen LogP contribution in [0.2, 0.25) is 0 Å². The molecule has 1 aromatic carbocycles. The van der Waals surface area contributed by atoms with Crippen molar-refractivity contribution in [3.05, 3.63) is 39.7 Å². The standard InChI is InChI=1S/C11H13FN2O3S/c12-11-9(2-1-3-10(11)14(15)16)8-13-4-6-18(17)7-5-13/h1-3H,4-8H2. The molecule has 0 aromatic heterocycles. The first kappa shape index (κ1) is 13.1. The van der Waals surface area contributed by atoms with E-state index < -0.39 is 27.2 Å². The summed E-state index contributed by atoms with van der Waals surface area (Å²) < 4.78 is 25.0. The fraction of sp³-hybridized carbons (Fsp3) is 0.455. The zero-order chi connectivity index (χ0) is 13.1. The summed E-state index contributed by atoms with van der Waals surface area (Å²) in [7, 11) is -0.780. The lowest BCUT2D eigenvalue weighted by Gasteiger charge is -2.26. The third-order valence-electron chi connectivity index (χ3n) is 2.92. The molecule has 1 fully saturated rings. The van der Waals surface area contributed by atoms with Gasteiger partial charge in [0, 0.05) is 53.6 Å². The van der Waals surface area contributed by atoms with E-state index >= 15 is 0 Å². The predicted octanol–water partition coefficient (Wildman–Crippen LogP) is 1.30. The zero-order valence-corrected chi connectivity index (χ0v) is 10.5. The summed E-state index contributed by atoms with van der Waals surface area (Å²) in [6.07, 6.45) is 0. The van der Waals surface area contributed by atoms with Crippen LogP contribution in [0.1, 0.15) is 5.56 Å². The minimum atomic E-state index is -0.780. The van der Waals surface area contributed by atoms with Crippen LogP contribution in [0.15, 0.2) is 18.2 Å². The van der Waals surface area contributed by atoms with E-state index in [1.54, 1.807) is 6.07 Å². The Morgan fingerprint density at radius 1 is 1.39 bits per heavy atom. The van der Waals surface area contributed by atoms with Crippen molar-refractivity contribution in [1.29, 1.82) is 0 Å². The van der Waals surface area contributed by atoms with Gasteiger partial charge in [-0.15, -0.1) is 0 Å². The van der Waals surface area contributed by atoms with Crippen LogP contribution in [0.25, 0.3) is 0 Å². The molecule has 0 N–H and O–H groups in total. The van der Waals surface area contributed by atoms with Crippen LogP contribution in [0.4, 0.5) is 10.1 Å². The zero-order valence-electron chi connectivity index (χ0n) is 9.67. The van der Waals surface area contributed by atoms with Gasteiger partial charge in [-0.25, -0.2) is 0 Å². The number of nitro groups is 1. The fourth-order valence-corrected chi connectivity index (χ4v) is 3.03. The van der Waals surface area contributed by atoms with Gasteiger partial charge in [-0.2, -0.15) is 4.39 Å². The van der Waals surface area contributed by atoms with Gasteiger partial charge in [-0.1, -0.05) is 12.1 Å². The molecule has 0 aliphatic carbocycles. The number of halogens is 1. The van der Waals surface area contributed by atoms with E-state index in [0.29, 0.717) is 36.7 Å². The minimum absolute atomic E-state index is 0.317. The van der Waals surface area contributed by atoms with E-state index in [2.05, 4.69) is 0 Å². The molecule has 98 valence electrons. The monoisotopic (exact) mass is 272 g/mol. The molecule has 0 unspecified atom stereocenters. The average molecular weight is 272 g/mol. The molecule has 2 rings (SSSR count). The summed E-state index contributed by atoms with van der Waals surface area (Å²) in [6, 6.07) is 4.19. The molecule has 7 heteroatoms. The predicted molar refractivity (Wildman–Crippen MR) is 66.2 cm³/mol. The molecule has 0 bridgehead atoms. The van der Waals surface area contributed by atoms with Gasteiger partial charge < -0.3 is 0 Å². The Kier molecular flexibility index (Phi) is 4.03. The van der Waals surface area contributed by atoms with E-state index in [4.69, 9.17) is 0 Å². The summed E-state index contributed by atoms with van der Waals surface area (Å²) in [6.45, 7) is 1.59. The molecule has 0 spiro atoms. The number of nitro benzene ring substituents is 1. The Bertz CT molecular complexity index is 485. The second kappa shape index (κ2) is 5.53. The van der Waals surface area contributed by atoms with E-state index in [0.717, 1.165) is 6.07 Å². The molecule has 0 radical (unpaired) electrons. The Morgan fingerprint density at radius 2 is 2.06 bits per heavy atom. The van der Waals surface area contributed by atoms with Gasteiger partial charge in [-0.05, 0) is 0 Å². The quantitative estimate of drug-likeness (QED) is 0.614. The van der Waals surface area contributed by atoms with Crippen molar-refractivity contribution >= 4 is 16.5 Å². The third kappa shape index (κ3) is 2.91. The van der Waals surface area contributed by atoms with E-state index in [1.807, 2.05) is 4.90 Å². The number of benzene rings is 1. The molecule has 1 aliphatic heterocycles. The first-order chi connectivity index (χ1) is 8.58. The third-order valence-corrected chi connectivity index (χ3v) is 4.20. The van der Waals surface area contributed by atoms with Gasteiger partial charge in [0.1, 0.15) is 0 Å². The lowest BCUT2D eigenvalue weighted by atomic mass is 10.1. The van der Waals surface area contributed by atoms with Crippen LogP contribution in [-0.2, 0) is 17.3 Å². The van der Waals surface area contributed by atoms with Crippen molar-refractivity contribution in [3.8, 4) is 0 Å². The van der Waals surface area contributed by atoms with Crippen molar-refractivity contribution < 1.29 is 13.5 Å². The molecule has 1 aromatic rings. The molecule has 1 saturated heterocycles. The maximum atomic E-state index is 13.8. The summed E-state index contributed by atoms with van der Waals surface area (Å²) in [5.74, 6) is 0.391. The Morgan fingerprint density at radius 3 is 2.67 bits per heavy atom. The van der Waals surface area contributed by atoms with Crippen LogP contribution in [0, 0.1) is 15.9 Å². The summed E-state index contributed by atoms with van der Waals surface area (Å²) in [4.78, 5) is 11.9. The van der Waals surface area contributed by atoms with E-state index in [9.17, 15) is 18.7 Å². The van der Waals surface area contributed by atoms with Gasteiger partial charge in [0.2, 0.25) is 5.82 Å². The molecule has 0 atom stereocenters.